The average molecular weight is 306 g/mol. The lowest BCUT2D eigenvalue weighted by atomic mass is 10.2. The molecule has 1 aliphatic heterocycles. The second kappa shape index (κ2) is 5.98. The number of morpholine rings is 1. The Hall–Kier alpha value is -0.130. The topological polar surface area (TPSA) is 24.5 Å². The third kappa shape index (κ3) is 3.43. The highest BCUT2D eigenvalue weighted by molar-refractivity contribution is 9.10. The zero-order valence-corrected chi connectivity index (χ0v) is 11.2. The SMILES string of the molecule is Clc1cc(Br)ccc1CNN1CCOCC1. The number of benzene rings is 1. The molecule has 5 heteroatoms. The van der Waals surface area contributed by atoms with E-state index in [2.05, 4.69) is 26.4 Å². The van der Waals surface area contributed by atoms with Gasteiger partial charge in [-0.05, 0) is 17.7 Å². The largest absolute Gasteiger partial charge is 0.379 e. The summed E-state index contributed by atoms with van der Waals surface area (Å²) in [6.07, 6.45) is 0. The zero-order valence-electron chi connectivity index (χ0n) is 8.88. The van der Waals surface area contributed by atoms with Crippen molar-refractivity contribution < 1.29 is 4.74 Å². The standard InChI is InChI=1S/C11H14BrClN2O/c12-10-2-1-9(11(13)7-10)8-14-15-3-5-16-6-4-15/h1-2,7,14H,3-6,8H2. The first-order chi connectivity index (χ1) is 7.75. The Morgan fingerprint density at radius 3 is 2.81 bits per heavy atom. The van der Waals surface area contributed by atoms with Crippen molar-refractivity contribution in [2.75, 3.05) is 26.3 Å². The molecule has 0 saturated carbocycles. The van der Waals surface area contributed by atoms with Crippen molar-refractivity contribution in [3.8, 4) is 0 Å². The number of hydrazine groups is 1. The van der Waals surface area contributed by atoms with Crippen LogP contribution < -0.4 is 5.43 Å². The van der Waals surface area contributed by atoms with Crippen molar-refractivity contribution >= 4 is 27.5 Å². The lowest BCUT2D eigenvalue weighted by molar-refractivity contribution is 0.0106. The molecule has 16 heavy (non-hydrogen) atoms. The number of nitrogens with zero attached hydrogens (tertiary/aromatic N) is 1. The first-order valence-corrected chi connectivity index (χ1v) is 6.43. The molecule has 1 heterocycles. The molecular formula is C11H14BrClN2O. The summed E-state index contributed by atoms with van der Waals surface area (Å²) in [5.74, 6) is 0. The van der Waals surface area contributed by atoms with Gasteiger partial charge in [-0.3, -0.25) is 5.43 Å². The Balaban J connectivity index is 1.88. The van der Waals surface area contributed by atoms with Crippen LogP contribution in [0.4, 0.5) is 0 Å². The van der Waals surface area contributed by atoms with E-state index in [1.165, 1.54) is 0 Å². The van der Waals surface area contributed by atoms with Crippen LogP contribution in [0.15, 0.2) is 22.7 Å². The van der Waals surface area contributed by atoms with Crippen molar-refractivity contribution in [3.63, 3.8) is 0 Å². The monoisotopic (exact) mass is 304 g/mol. The number of ether oxygens (including phenoxy) is 1. The predicted octanol–water partition coefficient (Wildman–Crippen LogP) is 2.44. The van der Waals surface area contributed by atoms with Crippen molar-refractivity contribution in [1.29, 1.82) is 0 Å². The van der Waals surface area contributed by atoms with Crippen LogP contribution in [-0.4, -0.2) is 31.3 Å². The summed E-state index contributed by atoms with van der Waals surface area (Å²) in [6, 6.07) is 5.94. The highest BCUT2D eigenvalue weighted by Crippen LogP contribution is 2.21. The van der Waals surface area contributed by atoms with E-state index >= 15 is 0 Å². The summed E-state index contributed by atoms with van der Waals surface area (Å²) in [4.78, 5) is 0. The number of hydrogen-bond donors (Lipinski definition) is 1. The molecule has 0 atom stereocenters. The molecule has 0 spiro atoms. The molecule has 88 valence electrons. The summed E-state index contributed by atoms with van der Waals surface area (Å²) in [7, 11) is 0. The summed E-state index contributed by atoms with van der Waals surface area (Å²) >= 11 is 9.53. The van der Waals surface area contributed by atoms with Gasteiger partial charge in [-0.15, -0.1) is 0 Å². The lowest BCUT2D eigenvalue weighted by Gasteiger charge is -2.27. The van der Waals surface area contributed by atoms with E-state index in [4.69, 9.17) is 16.3 Å². The molecule has 0 unspecified atom stereocenters. The van der Waals surface area contributed by atoms with Gasteiger partial charge in [0.25, 0.3) is 0 Å². The molecule has 1 N–H and O–H groups in total. The van der Waals surface area contributed by atoms with Gasteiger partial charge in [0, 0.05) is 29.1 Å². The molecule has 1 fully saturated rings. The number of rotatable bonds is 3. The minimum atomic E-state index is 0.756. The number of hydrogen-bond acceptors (Lipinski definition) is 3. The molecule has 0 aliphatic carbocycles. The van der Waals surface area contributed by atoms with Gasteiger partial charge in [-0.2, -0.15) is 0 Å². The van der Waals surface area contributed by atoms with E-state index in [1.54, 1.807) is 0 Å². The fourth-order valence-electron chi connectivity index (χ4n) is 1.58. The number of halogens is 2. The van der Waals surface area contributed by atoms with E-state index in [-0.39, 0.29) is 0 Å². The normalized spacial score (nSPS) is 17.6. The van der Waals surface area contributed by atoms with Crippen LogP contribution in [0.1, 0.15) is 5.56 Å². The Morgan fingerprint density at radius 2 is 2.12 bits per heavy atom. The lowest BCUT2D eigenvalue weighted by Crippen LogP contribution is -2.45. The fraction of sp³-hybridized carbons (Fsp3) is 0.455. The van der Waals surface area contributed by atoms with Crippen LogP contribution in [0.2, 0.25) is 5.02 Å². The van der Waals surface area contributed by atoms with Crippen LogP contribution in [0.5, 0.6) is 0 Å². The van der Waals surface area contributed by atoms with Crippen LogP contribution in [-0.2, 0) is 11.3 Å². The van der Waals surface area contributed by atoms with Crippen molar-refractivity contribution in [2.45, 2.75) is 6.54 Å². The van der Waals surface area contributed by atoms with Gasteiger partial charge in [-0.25, -0.2) is 5.01 Å². The van der Waals surface area contributed by atoms with Crippen LogP contribution in [0.3, 0.4) is 0 Å². The van der Waals surface area contributed by atoms with Crippen molar-refractivity contribution in [3.05, 3.63) is 33.3 Å². The minimum Gasteiger partial charge on any atom is -0.379 e. The maximum Gasteiger partial charge on any atom is 0.0608 e. The van der Waals surface area contributed by atoms with Gasteiger partial charge in [0.05, 0.1) is 13.2 Å². The molecule has 1 saturated heterocycles. The highest BCUT2D eigenvalue weighted by Gasteiger charge is 2.10. The first-order valence-electron chi connectivity index (χ1n) is 5.26. The van der Waals surface area contributed by atoms with Gasteiger partial charge in [0.15, 0.2) is 0 Å². The van der Waals surface area contributed by atoms with Crippen LogP contribution in [0.25, 0.3) is 0 Å². The van der Waals surface area contributed by atoms with E-state index < -0.39 is 0 Å². The Bertz CT molecular complexity index is 356. The van der Waals surface area contributed by atoms with E-state index in [0.717, 1.165) is 47.9 Å². The van der Waals surface area contributed by atoms with E-state index in [0.29, 0.717) is 0 Å². The average Bonchev–Trinajstić information content (AvgIpc) is 2.29. The summed E-state index contributed by atoms with van der Waals surface area (Å²) in [6.45, 7) is 4.19. The second-order valence-corrected chi connectivity index (χ2v) is 4.99. The summed E-state index contributed by atoms with van der Waals surface area (Å²) < 4.78 is 6.28. The molecule has 1 aromatic rings. The predicted molar refractivity (Wildman–Crippen MR) is 68.4 cm³/mol. The molecule has 0 bridgehead atoms. The van der Waals surface area contributed by atoms with Gasteiger partial charge in [0.2, 0.25) is 0 Å². The Kier molecular flexibility index (Phi) is 4.61. The maximum atomic E-state index is 6.13. The first kappa shape index (κ1) is 12.3. The molecule has 0 aromatic heterocycles. The molecular weight excluding hydrogens is 291 g/mol. The van der Waals surface area contributed by atoms with Crippen LogP contribution >= 0.6 is 27.5 Å². The van der Waals surface area contributed by atoms with Gasteiger partial charge >= 0.3 is 0 Å². The molecule has 3 nitrogen and oxygen atoms in total. The third-order valence-electron chi connectivity index (χ3n) is 2.52. The smallest absolute Gasteiger partial charge is 0.0608 e. The Morgan fingerprint density at radius 1 is 1.38 bits per heavy atom. The van der Waals surface area contributed by atoms with Crippen molar-refractivity contribution in [2.24, 2.45) is 0 Å². The molecule has 0 amide bonds. The third-order valence-corrected chi connectivity index (χ3v) is 3.36. The maximum absolute atomic E-state index is 6.13. The molecule has 1 aliphatic rings. The second-order valence-electron chi connectivity index (χ2n) is 3.67. The van der Waals surface area contributed by atoms with E-state index in [1.807, 2.05) is 18.2 Å². The Labute approximate surface area is 109 Å². The van der Waals surface area contributed by atoms with E-state index in [9.17, 15) is 0 Å². The molecule has 2 rings (SSSR count). The minimum absolute atomic E-state index is 0.756. The van der Waals surface area contributed by atoms with Gasteiger partial charge in [0.1, 0.15) is 0 Å². The quantitative estimate of drug-likeness (QED) is 0.928. The molecule has 0 radical (unpaired) electrons. The van der Waals surface area contributed by atoms with Gasteiger partial charge < -0.3 is 4.74 Å². The highest BCUT2D eigenvalue weighted by atomic mass is 79.9. The molecule has 1 aromatic carbocycles. The fourth-order valence-corrected chi connectivity index (χ4v) is 2.32. The summed E-state index contributed by atoms with van der Waals surface area (Å²) in [5, 5.41) is 2.96. The zero-order chi connectivity index (χ0) is 11.4. The van der Waals surface area contributed by atoms with Crippen LogP contribution in [0, 0.1) is 0 Å². The van der Waals surface area contributed by atoms with Crippen molar-refractivity contribution in [1.82, 2.24) is 10.4 Å². The number of nitrogens with one attached hydrogen (secondary N) is 1. The summed E-state index contributed by atoms with van der Waals surface area (Å²) in [5.41, 5.74) is 4.46. The van der Waals surface area contributed by atoms with Gasteiger partial charge in [-0.1, -0.05) is 33.6 Å².